The number of rotatable bonds is 5. The molecule has 0 atom stereocenters. The van der Waals surface area contributed by atoms with Crippen molar-refractivity contribution in [3.8, 4) is 11.4 Å². The van der Waals surface area contributed by atoms with Crippen LogP contribution in [0.15, 0.2) is 48.5 Å². The highest BCUT2D eigenvalue weighted by atomic mass is 32.2. The van der Waals surface area contributed by atoms with Crippen molar-refractivity contribution >= 4 is 26.7 Å². The van der Waals surface area contributed by atoms with E-state index in [9.17, 15) is 8.42 Å². The first-order chi connectivity index (χ1) is 10.6. The Kier molecular flexibility index (Phi) is 3.85. The average molecular weight is 315 g/mol. The zero-order valence-electron chi connectivity index (χ0n) is 12.2. The number of sulfonamides is 1. The monoisotopic (exact) mass is 315 g/mol. The minimum absolute atomic E-state index is 0.0987. The molecule has 0 bridgehead atoms. The topological polar surface area (TPSA) is 74.8 Å². The molecule has 0 aliphatic carbocycles. The summed E-state index contributed by atoms with van der Waals surface area (Å²) in [5.41, 5.74) is 3.04. The molecule has 2 N–H and O–H groups in total. The van der Waals surface area contributed by atoms with Gasteiger partial charge in [-0.15, -0.1) is 0 Å². The predicted molar refractivity (Wildman–Crippen MR) is 89.2 cm³/mol. The van der Waals surface area contributed by atoms with Crippen LogP contribution >= 0.6 is 0 Å². The van der Waals surface area contributed by atoms with Crippen LogP contribution in [0.1, 0.15) is 13.3 Å². The molecule has 3 rings (SSSR count). The van der Waals surface area contributed by atoms with Gasteiger partial charge in [-0.25, -0.2) is 13.4 Å². The zero-order chi connectivity index (χ0) is 15.6. The molecule has 0 fully saturated rings. The smallest absolute Gasteiger partial charge is 0.232 e. The van der Waals surface area contributed by atoms with Crippen LogP contribution in [0.2, 0.25) is 0 Å². The van der Waals surface area contributed by atoms with Crippen molar-refractivity contribution in [1.82, 2.24) is 9.97 Å². The Hall–Kier alpha value is -2.34. The SMILES string of the molecule is CCCS(=O)(=O)Nc1ccccc1-c1nc2ccccc2[nH]1. The van der Waals surface area contributed by atoms with Gasteiger partial charge in [0.05, 0.1) is 22.5 Å². The van der Waals surface area contributed by atoms with E-state index in [-0.39, 0.29) is 5.75 Å². The van der Waals surface area contributed by atoms with Crippen LogP contribution in [-0.2, 0) is 10.0 Å². The van der Waals surface area contributed by atoms with Crippen LogP contribution in [0.4, 0.5) is 5.69 Å². The molecule has 1 heterocycles. The molecule has 0 saturated heterocycles. The Labute approximate surface area is 129 Å². The third-order valence-corrected chi connectivity index (χ3v) is 4.79. The lowest BCUT2D eigenvalue weighted by atomic mass is 10.2. The molecule has 0 aliphatic heterocycles. The van der Waals surface area contributed by atoms with Crippen LogP contribution in [0.5, 0.6) is 0 Å². The van der Waals surface area contributed by atoms with Crippen molar-refractivity contribution in [3.63, 3.8) is 0 Å². The average Bonchev–Trinajstić information content (AvgIpc) is 2.91. The van der Waals surface area contributed by atoms with Crippen LogP contribution in [-0.4, -0.2) is 24.1 Å². The molecule has 0 saturated carbocycles. The van der Waals surface area contributed by atoms with Gasteiger partial charge in [-0.3, -0.25) is 4.72 Å². The van der Waals surface area contributed by atoms with Crippen molar-refractivity contribution < 1.29 is 8.42 Å². The summed E-state index contributed by atoms with van der Waals surface area (Å²) < 4.78 is 26.7. The second-order valence-corrected chi connectivity index (χ2v) is 6.91. The summed E-state index contributed by atoms with van der Waals surface area (Å²) in [6.45, 7) is 1.84. The Morgan fingerprint density at radius 3 is 2.59 bits per heavy atom. The predicted octanol–water partition coefficient (Wildman–Crippen LogP) is 3.38. The Balaban J connectivity index is 2.04. The van der Waals surface area contributed by atoms with E-state index >= 15 is 0 Å². The molecule has 0 aliphatic rings. The van der Waals surface area contributed by atoms with Gasteiger partial charge in [0, 0.05) is 5.56 Å². The molecule has 3 aromatic rings. The first kappa shape index (κ1) is 14.6. The van der Waals surface area contributed by atoms with E-state index in [1.165, 1.54) is 0 Å². The number of hydrogen-bond donors (Lipinski definition) is 2. The first-order valence-electron chi connectivity index (χ1n) is 7.14. The van der Waals surface area contributed by atoms with Gasteiger partial charge in [-0.05, 0) is 30.7 Å². The molecule has 114 valence electrons. The number of fused-ring (bicyclic) bond motifs is 1. The van der Waals surface area contributed by atoms with Crippen molar-refractivity contribution in [3.05, 3.63) is 48.5 Å². The summed E-state index contributed by atoms with van der Waals surface area (Å²) in [6, 6.07) is 15.0. The molecular weight excluding hydrogens is 298 g/mol. The number of benzene rings is 2. The minimum atomic E-state index is -3.34. The lowest BCUT2D eigenvalue weighted by Gasteiger charge is -2.10. The van der Waals surface area contributed by atoms with E-state index in [2.05, 4.69) is 14.7 Å². The molecule has 5 nitrogen and oxygen atoms in total. The third-order valence-electron chi connectivity index (χ3n) is 3.31. The third kappa shape index (κ3) is 2.96. The summed E-state index contributed by atoms with van der Waals surface area (Å²) in [7, 11) is -3.34. The highest BCUT2D eigenvalue weighted by molar-refractivity contribution is 7.92. The summed E-state index contributed by atoms with van der Waals surface area (Å²) in [5, 5.41) is 0. The number of anilines is 1. The molecule has 1 aromatic heterocycles. The number of imidazole rings is 1. The standard InChI is InChI=1S/C16H17N3O2S/c1-2-11-22(20,21)19-13-8-4-3-7-12(13)16-17-14-9-5-6-10-15(14)18-16/h3-10,19H,2,11H2,1H3,(H,17,18). The molecule has 2 aromatic carbocycles. The fourth-order valence-electron chi connectivity index (χ4n) is 2.35. The number of aromatic nitrogens is 2. The highest BCUT2D eigenvalue weighted by Gasteiger charge is 2.14. The lowest BCUT2D eigenvalue weighted by molar-refractivity contribution is 0.600. The minimum Gasteiger partial charge on any atom is -0.338 e. The number of H-pyrrole nitrogens is 1. The molecule has 22 heavy (non-hydrogen) atoms. The Morgan fingerprint density at radius 1 is 1.09 bits per heavy atom. The van der Waals surface area contributed by atoms with Crippen molar-refractivity contribution in [2.24, 2.45) is 0 Å². The van der Waals surface area contributed by atoms with Crippen molar-refractivity contribution in [1.29, 1.82) is 0 Å². The van der Waals surface area contributed by atoms with Gasteiger partial charge in [0.15, 0.2) is 0 Å². The van der Waals surface area contributed by atoms with Gasteiger partial charge in [0.1, 0.15) is 5.82 Å². The van der Waals surface area contributed by atoms with Gasteiger partial charge in [0.2, 0.25) is 10.0 Å². The lowest BCUT2D eigenvalue weighted by Crippen LogP contribution is -2.16. The fraction of sp³-hybridized carbons (Fsp3) is 0.188. The van der Waals surface area contributed by atoms with E-state index in [0.29, 0.717) is 17.9 Å². The number of hydrogen-bond acceptors (Lipinski definition) is 3. The van der Waals surface area contributed by atoms with Crippen LogP contribution in [0.25, 0.3) is 22.4 Å². The largest absolute Gasteiger partial charge is 0.338 e. The van der Waals surface area contributed by atoms with E-state index < -0.39 is 10.0 Å². The Bertz CT molecular complexity index is 867. The van der Waals surface area contributed by atoms with E-state index in [1.54, 1.807) is 12.1 Å². The summed E-state index contributed by atoms with van der Waals surface area (Å²) in [5.74, 6) is 0.748. The quantitative estimate of drug-likeness (QED) is 0.758. The van der Waals surface area contributed by atoms with Crippen molar-refractivity contribution in [2.45, 2.75) is 13.3 Å². The highest BCUT2D eigenvalue weighted by Crippen LogP contribution is 2.28. The zero-order valence-corrected chi connectivity index (χ0v) is 13.0. The van der Waals surface area contributed by atoms with Crippen molar-refractivity contribution in [2.75, 3.05) is 10.5 Å². The number of nitrogens with zero attached hydrogens (tertiary/aromatic N) is 1. The summed E-state index contributed by atoms with van der Waals surface area (Å²) in [6.07, 6.45) is 0.572. The second-order valence-electron chi connectivity index (χ2n) is 5.07. The number of para-hydroxylation sites is 3. The van der Waals surface area contributed by atoms with E-state index in [0.717, 1.165) is 16.6 Å². The maximum absolute atomic E-state index is 12.0. The molecular formula is C16H17N3O2S. The number of aromatic amines is 1. The molecule has 0 spiro atoms. The molecule has 0 unspecified atom stereocenters. The first-order valence-corrected chi connectivity index (χ1v) is 8.79. The number of nitrogens with one attached hydrogen (secondary N) is 2. The Morgan fingerprint density at radius 2 is 1.82 bits per heavy atom. The maximum atomic E-state index is 12.0. The molecule has 6 heteroatoms. The van der Waals surface area contributed by atoms with Gasteiger partial charge < -0.3 is 4.98 Å². The van der Waals surface area contributed by atoms with E-state index in [4.69, 9.17) is 0 Å². The summed E-state index contributed by atoms with van der Waals surface area (Å²) >= 11 is 0. The van der Waals surface area contributed by atoms with Crippen LogP contribution in [0.3, 0.4) is 0 Å². The van der Waals surface area contributed by atoms with Crippen LogP contribution in [0, 0.1) is 0 Å². The van der Waals surface area contributed by atoms with Gasteiger partial charge in [-0.1, -0.05) is 31.2 Å². The van der Waals surface area contributed by atoms with Gasteiger partial charge in [-0.2, -0.15) is 0 Å². The maximum Gasteiger partial charge on any atom is 0.232 e. The normalized spacial score (nSPS) is 11.7. The van der Waals surface area contributed by atoms with Crippen LogP contribution < -0.4 is 4.72 Å². The molecule has 0 radical (unpaired) electrons. The summed E-state index contributed by atoms with van der Waals surface area (Å²) in [4.78, 5) is 7.75. The second kappa shape index (κ2) is 5.81. The fourth-order valence-corrected chi connectivity index (χ4v) is 3.50. The van der Waals surface area contributed by atoms with Gasteiger partial charge >= 0.3 is 0 Å². The van der Waals surface area contributed by atoms with E-state index in [1.807, 2.05) is 43.3 Å². The van der Waals surface area contributed by atoms with Gasteiger partial charge in [0.25, 0.3) is 0 Å². The molecule has 0 amide bonds.